The number of hydrogen-bond donors (Lipinski definition) is 0. The van der Waals surface area contributed by atoms with Crippen molar-refractivity contribution in [3.05, 3.63) is 53.3 Å². The average Bonchev–Trinajstić information content (AvgIpc) is 2.86. The smallest absolute Gasteiger partial charge is 0.276 e. The van der Waals surface area contributed by atoms with E-state index in [1.807, 2.05) is 25.1 Å². The van der Waals surface area contributed by atoms with Crippen molar-refractivity contribution in [3.63, 3.8) is 0 Å². The van der Waals surface area contributed by atoms with Crippen molar-refractivity contribution in [2.45, 2.75) is 19.8 Å². The fraction of sp³-hybridized carbons (Fsp3) is 0.440. The first-order chi connectivity index (χ1) is 16.6. The standard InChI is InChI=1S/C25H31FN2O6/c1-4-33-24-16-18(7-10-23(24)31-3)22-6-5-11-28(27-22)25(29)20-9-8-19(17-21(20)26)34-15-14-32-13-12-30-2/h7-10,16-17H,4-6,11-15H2,1-3H3. The van der Waals surface area contributed by atoms with Crippen molar-refractivity contribution < 1.29 is 32.9 Å². The van der Waals surface area contributed by atoms with E-state index < -0.39 is 11.7 Å². The molecule has 1 amide bonds. The normalized spacial score (nSPS) is 13.4. The largest absolute Gasteiger partial charge is 0.493 e. The number of methoxy groups -OCH3 is 2. The Morgan fingerprint density at radius 3 is 2.59 bits per heavy atom. The van der Waals surface area contributed by atoms with Gasteiger partial charge >= 0.3 is 0 Å². The van der Waals surface area contributed by atoms with E-state index in [1.165, 1.54) is 17.1 Å². The van der Waals surface area contributed by atoms with Crippen LogP contribution in [0.4, 0.5) is 4.39 Å². The van der Waals surface area contributed by atoms with Crippen molar-refractivity contribution in [2.24, 2.45) is 5.10 Å². The lowest BCUT2D eigenvalue weighted by atomic mass is 10.0. The van der Waals surface area contributed by atoms with Gasteiger partial charge in [0.15, 0.2) is 11.5 Å². The molecule has 1 heterocycles. The Hall–Kier alpha value is -3.17. The van der Waals surface area contributed by atoms with Crippen molar-refractivity contribution in [3.8, 4) is 17.2 Å². The summed E-state index contributed by atoms with van der Waals surface area (Å²) in [5.41, 5.74) is 1.51. The van der Waals surface area contributed by atoms with Crippen LogP contribution in [-0.4, -0.2) is 70.4 Å². The van der Waals surface area contributed by atoms with Crippen LogP contribution in [0.3, 0.4) is 0 Å². The zero-order valence-corrected chi connectivity index (χ0v) is 19.8. The zero-order valence-electron chi connectivity index (χ0n) is 19.8. The molecule has 0 saturated carbocycles. The molecular weight excluding hydrogens is 443 g/mol. The van der Waals surface area contributed by atoms with Gasteiger partial charge in [0.1, 0.15) is 18.2 Å². The summed E-state index contributed by atoms with van der Waals surface area (Å²) in [5.74, 6) is 0.407. The molecule has 34 heavy (non-hydrogen) atoms. The molecule has 8 nitrogen and oxygen atoms in total. The molecular formula is C25H31FN2O6. The molecule has 0 saturated heterocycles. The molecule has 0 N–H and O–H groups in total. The van der Waals surface area contributed by atoms with E-state index in [4.69, 9.17) is 23.7 Å². The maximum atomic E-state index is 14.7. The van der Waals surface area contributed by atoms with Crippen LogP contribution in [0.25, 0.3) is 0 Å². The second-order valence-corrected chi connectivity index (χ2v) is 7.47. The number of ether oxygens (including phenoxy) is 5. The van der Waals surface area contributed by atoms with Crippen LogP contribution in [0.5, 0.6) is 17.2 Å². The Bertz CT molecular complexity index is 997. The molecule has 0 aliphatic carbocycles. The highest BCUT2D eigenvalue weighted by Crippen LogP contribution is 2.30. The summed E-state index contributed by atoms with van der Waals surface area (Å²) in [7, 11) is 3.18. The van der Waals surface area contributed by atoms with Crippen LogP contribution in [0.1, 0.15) is 35.7 Å². The van der Waals surface area contributed by atoms with Crippen molar-refractivity contribution in [1.29, 1.82) is 0 Å². The van der Waals surface area contributed by atoms with E-state index in [-0.39, 0.29) is 12.2 Å². The van der Waals surface area contributed by atoms with Crippen LogP contribution in [-0.2, 0) is 9.47 Å². The summed E-state index contributed by atoms with van der Waals surface area (Å²) in [6, 6.07) is 9.72. The summed E-state index contributed by atoms with van der Waals surface area (Å²) in [6.07, 6.45) is 1.41. The van der Waals surface area contributed by atoms with Gasteiger partial charge in [0.2, 0.25) is 0 Å². The second kappa shape index (κ2) is 12.9. The van der Waals surface area contributed by atoms with Gasteiger partial charge < -0.3 is 23.7 Å². The Morgan fingerprint density at radius 2 is 1.85 bits per heavy atom. The molecule has 0 bridgehead atoms. The monoisotopic (exact) mass is 474 g/mol. The number of rotatable bonds is 12. The molecule has 2 aromatic rings. The number of hydrazone groups is 1. The highest BCUT2D eigenvalue weighted by Gasteiger charge is 2.24. The molecule has 184 valence electrons. The predicted octanol–water partition coefficient (Wildman–Crippen LogP) is 3.92. The number of amides is 1. The summed E-state index contributed by atoms with van der Waals surface area (Å²) in [4.78, 5) is 13.0. The summed E-state index contributed by atoms with van der Waals surface area (Å²) in [5, 5.41) is 5.82. The molecule has 0 unspecified atom stereocenters. The summed E-state index contributed by atoms with van der Waals surface area (Å²) in [6.45, 7) is 4.38. The third kappa shape index (κ3) is 6.68. The van der Waals surface area contributed by atoms with Crippen LogP contribution in [0.15, 0.2) is 41.5 Å². The van der Waals surface area contributed by atoms with E-state index in [9.17, 15) is 9.18 Å². The maximum Gasteiger partial charge on any atom is 0.276 e. The minimum Gasteiger partial charge on any atom is -0.493 e. The first kappa shape index (κ1) is 25.5. The first-order valence-corrected chi connectivity index (χ1v) is 11.3. The fourth-order valence-corrected chi connectivity index (χ4v) is 3.48. The van der Waals surface area contributed by atoms with Gasteiger partial charge in [-0.15, -0.1) is 0 Å². The lowest BCUT2D eigenvalue weighted by Gasteiger charge is -2.24. The van der Waals surface area contributed by atoms with Crippen molar-refractivity contribution >= 4 is 11.6 Å². The molecule has 1 aliphatic heterocycles. The molecule has 0 aromatic heterocycles. The third-order valence-electron chi connectivity index (χ3n) is 5.16. The third-order valence-corrected chi connectivity index (χ3v) is 5.16. The molecule has 9 heteroatoms. The Labute approximate surface area is 199 Å². The van der Waals surface area contributed by atoms with Gasteiger partial charge in [-0.2, -0.15) is 5.10 Å². The van der Waals surface area contributed by atoms with Gasteiger partial charge in [0, 0.05) is 25.3 Å². The van der Waals surface area contributed by atoms with E-state index in [0.29, 0.717) is 63.1 Å². The van der Waals surface area contributed by atoms with Gasteiger partial charge in [0.05, 0.1) is 44.8 Å². The van der Waals surface area contributed by atoms with Crippen LogP contribution in [0, 0.1) is 5.82 Å². The minimum absolute atomic E-state index is 0.0570. The van der Waals surface area contributed by atoms with Crippen LogP contribution >= 0.6 is 0 Å². The second-order valence-electron chi connectivity index (χ2n) is 7.47. The first-order valence-electron chi connectivity index (χ1n) is 11.3. The van der Waals surface area contributed by atoms with E-state index >= 15 is 0 Å². The number of carbonyl (C=O) groups is 1. The van der Waals surface area contributed by atoms with Gasteiger partial charge in [-0.05, 0) is 50.1 Å². The van der Waals surface area contributed by atoms with Gasteiger partial charge in [-0.25, -0.2) is 9.40 Å². The zero-order chi connectivity index (χ0) is 24.3. The fourth-order valence-electron chi connectivity index (χ4n) is 3.48. The van der Waals surface area contributed by atoms with Crippen molar-refractivity contribution in [1.82, 2.24) is 5.01 Å². The Balaban J connectivity index is 1.68. The highest BCUT2D eigenvalue weighted by atomic mass is 19.1. The summed E-state index contributed by atoms with van der Waals surface area (Å²) >= 11 is 0. The molecule has 0 radical (unpaired) electrons. The van der Waals surface area contributed by atoms with E-state index in [2.05, 4.69) is 5.10 Å². The molecule has 0 atom stereocenters. The predicted molar refractivity (Wildman–Crippen MR) is 126 cm³/mol. The molecule has 2 aromatic carbocycles. The molecule has 3 rings (SSSR count). The number of hydrogen-bond acceptors (Lipinski definition) is 7. The van der Waals surface area contributed by atoms with E-state index in [0.717, 1.165) is 11.3 Å². The number of nitrogens with zero attached hydrogens (tertiary/aromatic N) is 2. The molecule has 0 spiro atoms. The summed E-state index contributed by atoms with van der Waals surface area (Å²) < 4.78 is 41.4. The minimum atomic E-state index is -0.659. The number of benzene rings is 2. The van der Waals surface area contributed by atoms with Gasteiger partial charge in [0.25, 0.3) is 5.91 Å². The van der Waals surface area contributed by atoms with Crippen LogP contribution < -0.4 is 14.2 Å². The quantitative estimate of drug-likeness (QED) is 0.434. The molecule has 0 fully saturated rings. The Morgan fingerprint density at radius 1 is 1.03 bits per heavy atom. The van der Waals surface area contributed by atoms with E-state index in [1.54, 1.807) is 20.3 Å². The SMILES string of the molecule is CCOc1cc(C2=NN(C(=O)c3ccc(OCCOCCOC)cc3F)CCC2)ccc1OC. The highest BCUT2D eigenvalue weighted by molar-refractivity contribution is 6.03. The average molecular weight is 475 g/mol. The lowest BCUT2D eigenvalue weighted by Crippen LogP contribution is -2.32. The lowest BCUT2D eigenvalue weighted by molar-refractivity contribution is 0.0543. The van der Waals surface area contributed by atoms with Gasteiger partial charge in [-0.3, -0.25) is 4.79 Å². The van der Waals surface area contributed by atoms with Crippen LogP contribution in [0.2, 0.25) is 0 Å². The van der Waals surface area contributed by atoms with Gasteiger partial charge in [-0.1, -0.05) is 0 Å². The number of halogens is 1. The number of carbonyl (C=O) groups excluding carboxylic acids is 1. The Kier molecular flexibility index (Phi) is 9.66. The van der Waals surface area contributed by atoms with Crippen molar-refractivity contribution in [2.75, 3.05) is 53.8 Å². The maximum absolute atomic E-state index is 14.7. The molecule has 1 aliphatic rings. The topological polar surface area (TPSA) is 78.8 Å².